The first-order valence-corrected chi connectivity index (χ1v) is 6.23. The second-order valence-electron chi connectivity index (χ2n) is 3.84. The van der Waals surface area contributed by atoms with E-state index in [9.17, 15) is 14.7 Å². The zero-order chi connectivity index (χ0) is 14.0. The molecule has 6 nitrogen and oxygen atoms in total. The van der Waals surface area contributed by atoms with E-state index in [1.165, 1.54) is 29.9 Å². The largest absolute Gasteiger partial charge is 0.478 e. The molecule has 0 spiro atoms. The number of nitrogens with zero attached hydrogens (tertiary/aromatic N) is 2. The first-order valence-electron chi connectivity index (χ1n) is 5.41. The van der Waals surface area contributed by atoms with E-state index in [0.717, 1.165) is 4.88 Å². The van der Waals surface area contributed by atoms with Gasteiger partial charge in [0.1, 0.15) is 10.7 Å². The summed E-state index contributed by atoms with van der Waals surface area (Å²) < 4.78 is 0. The molecular weight excluding hydrogens is 266 g/mol. The normalized spacial score (nSPS) is 10.2. The molecule has 0 atom stereocenters. The number of aromatic carboxylic acids is 1. The number of carboxylic acids is 1. The number of hydrogen-bond donors (Lipinski definition) is 2. The van der Waals surface area contributed by atoms with Crippen molar-refractivity contribution in [3.63, 3.8) is 0 Å². The third-order valence-corrected chi connectivity index (χ3v) is 3.74. The van der Waals surface area contributed by atoms with Crippen LogP contribution in [0.1, 0.15) is 31.3 Å². The lowest BCUT2D eigenvalue weighted by molar-refractivity contribution is 0.0697. The lowest BCUT2D eigenvalue weighted by atomic mass is 10.1. The topological polar surface area (TPSA) is 92.2 Å². The van der Waals surface area contributed by atoms with Crippen LogP contribution in [0.15, 0.2) is 18.6 Å². The van der Waals surface area contributed by atoms with E-state index in [1.54, 1.807) is 6.92 Å². The van der Waals surface area contributed by atoms with Crippen LogP contribution in [0.2, 0.25) is 0 Å². The van der Waals surface area contributed by atoms with E-state index >= 15 is 0 Å². The Bertz CT molecular complexity index is 637. The number of carbonyl (C=O) groups is 2. The van der Waals surface area contributed by atoms with E-state index in [4.69, 9.17) is 0 Å². The fourth-order valence-electron chi connectivity index (χ4n) is 1.56. The fourth-order valence-corrected chi connectivity index (χ4v) is 2.60. The van der Waals surface area contributed by atoms with Crippen molar-refractivity contribution in [3.8, 4) is 0 Å². The molecule has 0 bridgehead atoms. The summed E-state index contributed by atoms with van der Waals surface area (Å²) >= 11 is 1.23. The summed E-state index contributed by atoms with van der Waals surface area (Å²) in [7, 11) is 0. The number of carboxylic acid groups (broad SMARTS) is 1. The lowest BCUT2D eigenvalue weighted by Crippen LogP contribution is -2.15. The average molecular weight is 277 g/mol. The van der Waals surface area contributed by atoms with Crippen molar-refractivity contribution in [2.24, 2.45) is 0 Å². The van der Waals surface area contributed by atoms with Crippen LogP contribution >= 0.6 is 11.3 Å². The maximum atomic E-state index is 11.9. The van der Waals surface area contributed by atoms with Crippen LogP contribution in [0.3, 0.4) is 0 Å². The van der Waals surface area contributed by atoms with Gasteiger partial charge >= 0.3 is 5.97 Å². The summed E-state index contributed by atoms with van der Waals surface area (Å²) in [6, 6.07) is 0. The predicted octanol–water partition coefficient (Wildman–Crippen LogP) is 2.11. The maximum Gasteiger partial charge on any atom is 0.338 e. The third kappa shape index (κ3) is 2.60. The molecule has 2 aromatic heterocycles. The Morgan fingerprint density at radius 1 is 1.32 bits per heavy atom. The number of aryl methyl sites for hydroxylation is 1. The zero-order valence-corrected chi connectivity index (χ0v) is 11.1. The van der Waals surface area contributed by atoms with Gasteiger partial charge in [0.2, 0.25) is 0 Å². The SMILES string of the molecule is Cc1sc(NC(=O)c2cnccn2)c(C(=O)O)c1C. The molecule has 7 heteroatoms. The summed E-state index contributed by atoms with van der Waals surface area (Å²) in [5.41, 5.74) is 0.925. The second-order valence-corrected chi connectivity index (χ2v) is 5.06. The van der Waals surface area contributed by atoms with Gasteiger partial charge in [-0.05, 0) is 19.4 Å². The molecule has 98 valence electrons. The summed E-state index contributed by atoms with van der Waals surface area (Å²) in [6.07, 6.45) is 4.18. The molecule has 2 N–H and O–H groups in total. The number of carbonyl (C=O) groups excluding carboxylic acids is 1. The first kappa shape index (κ1) is 13.2. The zero-order valence-electron chi connectivity index (χ0n) is 10.3. The quantitative estimate of drug-likeness (QED) is 0.896. The molecule has 0 fully saturated rings. The number of nitrogens with one attached hydrogen (secondary N) is 1. The molecule has 0 aliphatic heterocycles. The Kier molecular flexibility index (Phi) is 3.57. The number of hydrogen-bond acceptors (Lipinski definition) is 5. The Morgan fingerprint density at radius 3 is 2.63 bits per heavy atom. The minimum atomic E-state index is -1.06. The highest BCUT2D eigenvalue weighted by Crippen LogP contribution is 2.32. The average Bonchev–Trinajstić information content (AvgIpc) is 2.65. The molecule has 0 aliphatic rings. The Labute approximate surface area is 113 Å². The standard InChI is InChI=1S/C12H11N3O3S/c1-6-7(2)19-11(9(6)12(17)18)15-10(16)8-5-13-3-4-14-8/h3-5H,1-2H3,(H,15,16)(H,17,18). The summed E-state index contributed by atoms with van der Waals surface area (Å²) in [6.45, 7) is 3.53. The molecule has 19 heavy (non-hydrogen) atoms. The third-order valence-electron chi connectivity index (χ3n) is 2.62. The van der Waals surface area contributed by atoms with Gasteiger partial charge in [-0.3, -0.25) is 9.78 Å². The van der Waals surface area contributed by atoms with Crippen molar-refractivity contribution in [3.05, 3.63) is 40.3 Å². The molecule has 0 aliphatic carbocycles. The second kappa shape index (κ2) is 5.15. The van der Waals surface area contributed by atoms with Gasteiger partial charge in [-0.15, -0.1) is 11.3 Å². The minimum absolute atomic E-state index is 0.125. The van der Waals surface area contributed by atoms with Gasteiger partial charge in [-0.2, -0.15) is 0 Å². The number of thiophene rings is 1. The van der Waals surface area contributed by atoms with E-state index in [-0.39, 0.29) is 11.3 Å². The molecule has 2 aromatic rings. The molecule has 0 saturated carbocycles. The summed E-state index contributed by atoms with van der Waals surface area (Å²) in [5.74, 6) is -1.53. The van der Waals surface area contributed by atoms with Crippen molar-refractivity contribution >= 4 is 28.2 Å². The Morgan fingerprint density at radius 2 is 2.05 bits per heavy atom. The Hall–Kier alpha value is -2.28. The van der Waals surface area contributed by atoms with Crippen LogP contribution < -0.4 is 5.32 Å². The van der Waals surface area contributed by atoms with Crippen molar-refractivity contribution in [1.82, 2.24) is 9.97 Å². The smallest absolute Gasteiger partial charge is 0.338 e. The number of aromatic nitrogens is 2. The van der Waals surface area contributed by atoms with Crippen LogP contribution in [0.25, 0.3) is 0 Å². The first-order chi connectivity index (χ1) is 9.00. The summed E-state index contributed by atoms with van der Waals surface area (Å²) in [5, 5.41) is 12.1. The van der Waals surface area contributed by atoms with E-state index in [1.807, 2.05) is 6.92 Å². The van der Waals surface area contributed by atoms with Gasteiger partial charge in [-0.1, -0.05) is 0 Å². The monoisotopic (exact) mass is 277 g/mol. The molecule has 1 amide bonds. The van der Waals surface area contributed by atoms with Gasteiger partial charge < -0.3 is 10.4 Å². The van der Waals surface area contributed by atoms with Crippen LogP contribution in [0.5, 0.6) is 0 Å². The van der Waals surface area contributed by atoms with Crippen LogP contribution in [-0.4, -0.2) is 27.0 Å². The summed E-state index contributed by atoms with van der Waals surface area (Å²) in [4.78, 5) is 31.6. The van der Waals surface area contributed by atoms with E-state index in [0.29, 0.717) is 10.6 Å². The van der Waals surface area contributed by atoms with Gasteiger partial charge in [0, 0.05) is 17.3 Å². The molecule has 2 heterocycles. The molecule has 0 saturated heterocycles. The van der Waals surface area contributed by atoms with E-state index in [2.05, 4.69) is 15.3 Å². The van der Waals surface area contributed by atoms with Crippen LogP contribution in [-0.2, 0) is 0 Å². The van der Waals surface area contributed by atoms with Crippen molar-refractivity contribution in [2.75, 3.05) is 5.32 Å². The van der Waals surface area contributed by atoms with Gasteiger partial charge in [-0.25, -0.2) is 9.78 Å². The maximum absolute atomic E-state index is 11.9. The highest BCUT2D eigenvalue weighted by Gasteiger charge is 2.21. The predicted molar refractivity (Wildman–Crippen MR) is 70.7 cm³/mol. The van der Waals surface area contributed by atoms with Gasteiger partial charge in [0.15, 0.2) is 0 Å². The van der Waals surface area contributed by atoms with Crippen LogP contribution in [0.4, 0.5) is 5.00 Å². The van der Waals surface area contributed by atoms with Crippen molar-refractivity contribution < 1.29 is 14.7 Å². The molecule has 0 radical (unpaired) electrons. The number of rotatable bonds is 3. The molecule has 0 unspecified atom stereocenters. The minimum Gasteiger partial charge on any atom is -0.478 e. The fraction of sp³-hybridized carbons (Fsp3) is 0.167. The highest BCUT2D eigenvalue weighted by atomic mass is 32.1. The van der Waals surface area contributed by atoms with Crippen molar-refractivity contribution in [2.45, 2.75) is 13.8 Å². The number of amides is 1. The lowest BCUT2D eigenvalue weighted by Gasteiger charge is -2.03. The molecule has 2 rings (SSSR count). The van der Waals surface area contributed by atoms with Gasteiger partial charge in [0.25, 0.3) is 5.91 Å². The molecular formula is C12H11N3O3S. The van der Waals surface area contributed by atoms with Gasteiger partial charge in [0.05, 0.1) is 11.8 Å². The highest BCUT2D eigenvalue weighted by molar-refractivity contribution is 7.16. The number of anilines is 1. The van der Waals surface area contributed by atoms with Crippen molar-refractivity contribution in [1.29, 1.82) is 0 Å². The van der Waals surface area contributed by atoms with Crippen LogP contribution in [0, 0.1) is 13.8 Å². The van der Waals surface area contributed by atoms with E-state index < -0.39 is 11.9 Å². The molecule has 0 aromatic carbocycles. The Balaban J connectivity index is 2.32.